The Kier molecular flexibility index (Phi) is 4.55. The summed E-state index contributed by atoms with van der Waals surface area (Å²) in [5.41, 5.74) is 5.61. The van der Waals surface area contributed by atoms with Crippen LogP contribution in [0.3, 0.4) is 0 Å². The Morgan fingerprint density at radius 1 is 1.00 bits per heavy atom. The maximum Gasteiger partial charge on any atom is 0.205 e. The molecule has 136 valence electrons. The van der Waals surface area contributed by atoms with Gasteiger partial charge in [0.15, 0.2) is 0 Å². The highest BCUT2D eigenvalue weighted by molar-refractivity contribution is 5.79. The Balaban J connectivity index is 1.42. The number of aryl methyl sites for hydroxylation is 1. The van der Waals surface area contributed by atoms with Gasteiger partial charge in [-0.2, -0.15) is 0 Å². The van der Waals surface area contributed by atoms with Gasteiger partial charge < -0.3 is 15.2 Å². The Labute approximate surface area is 155 Å². The molecule has 0 saturated carbocycles. The second-order valence-electron chi connectivity index (χ2n) is 7.39. The number of hydrogen-bond acceptors (Lipinski definition) is 4. The maximum atomic E-state index is 4.60. The van der Waals surface area contributed by atoms with Crippen molar-refractivity contribution < 1.29 is 0 Å². The molecule has 1 aliphatic rings. The number of aromatic nitrogens is 2. The van der Waals surface area contributed by atoms with Gasteiger partial charge in [0.1, 0.15) is 0 Å². The SMILES string of the molecule is Cc1ccc2nc(Nc3ccc(N4CCN(C(C)C)CC4)cc3)[nH]c2c1. The minimum Gasteiger partial charge on any atom is -0.369 e. The second kappa shape index (κ2) is 7.00. The van der Waals surface area contributed by atoms with Crippen molar-refractivity contribution in [2.24, 2.45) is 0 Å². The lowest BCUT2D eigenvalue weighted by Crippen LogP contribution is -2.48. The predicted molar refractivity (Wildman–Crippen MR) is 109 cm³/mol. The summed E-state index contributed by atoms with van der Waals surface area (Å²) in [5.74, 6) is 0.781. The molecule has 1 fully saturated rings. The van der Waals surface area contributed by atoms with Crippen molar-refractivity contribution in [1.29, 1.82) is 0 Å². The topological polar surface area (TPSA) is 47.2 Å². The molecule has 0 radical (unpaired) electrons. The van der Waals surface area contributed by atoms with E-state index in [0.717, 1.165) is 48.8 Å². The van der Waals surface area contributed by atoms with Crippen molar-refractivity contribution in [2.75, 3.05) is 36.4 Å². The number of nitrogens with one attached hydrogen (secondary N) is 2. The highest BCUT2D eigenvalue weighted by atomic mass is 15.3. The van der Waals surface area contributed by atoms with E-state index in [2.05, 4.69) is 82.3 Å². The highest BCUT2D eigenvalue weighted by Gasteiger charge is 2.18. The molecule has 1 aromatic heterocycles. The van der Waals surface area contributed by atoms with Crippen molar-refractivity contribution in [3.8, 4) is 0 Å². The highest BCUT2D eigenvalue weighted by Crippen LogP contribution is 2.23. The van der Waals surface area contributed by atoms with Crippen LogP contribution in [0.2, 0.25) is 0 Å². The summed E-state index contributed by atoms with van der Waals surface area (Å²) in [6, 6.07) is 15.5. The van der Waals surface area contributed by atoms with Crippen LogP contribution in [0.25, 0.3) is 11.0 Å². The molecule has 5 nitrogen and oxygen atoms in total. The molecule has 1 aliphatic heterocycles. The average Bonchev–Trinajstić information content (AvgIpc) is 3.03. The van der Waals surface area contributed by atoms with Crippen LogP contribution in [0.4, 0.5) is 17.3 Å². The fourth-order valence-electron chi connectivity index (χ4n) is 3.57. The van der Waals surface area contributed by atoms with Gasteiger partial charge in [0.05, 0.1) is 11.0 Å². The largest absolute Gasteiger partial charge is 0.369 e. The van der Waals surface area contributed by atoms with E-state index >= 15 is 0 Å². The average molecular weight is 349 g/mol. The van der Waals surface area contributed by atoms with Gasteiger partial charge in [0.25, 0.3) is 0 Å². The Hall–Kier alpha value is -2.53. The van der Waals surface area contributed by atoms with Crippen molar-refractivity contribution >= 4 is 28.4 Å². The van der Waals surface area contributed by atoms with Crippen LogP contribution in [-0.4, -0.2) is 47.1 Å². The molecule has 2 heterocycles. The number of aromatic amines is 1. The third-order valence-electron chi connectivity index (χ3n) is 5.18. The van der Waals surface area contributed by atoms with Crippen molar-refractivity contribution in [2.45, 2.75) is 26.8 Å². The number of nitrogens with zero attached hydrogens (tertiary/aromatic N) is 3. The first-order valence-electron chi connectivity index (χ1n) is 9.41. The molecule has 5 heteroatoms. The van der Waals surface area contributed by atoms with Crippen LogP contribution >= 0.6 is 0 Å². The fourth-order valence-corrected chi connectivity index (χ4v) is 3.57. The third kappa shape index (κ3) is 3.53. The summed E-state index contributed by atoms with van der Waals surface area (Å²) in [5, 5.41) is 3.37. The quantitative estimate of drug-likeness (QED) is 0.743. The van der Waals surface area contributed by atoms with Crippen LogP contribution in [0.1, 0.15) is 19.4 Å². The Morgan fingerprint density at radius 2 is 1.73 bits per heavy atom. The van der Waals surface area contributed by atoms with Crippen LogP contribution < -0.4 is 10.2 Å². The molecule has 1 saturated heterocycles. The van der Waals surface area contributed by atoms with Crippen molar-refractivity contribution in [3.05, 3.63) is 48.0 Å². The molecule has 0 amide bonds. The smallest absolute Gasteiger partial charge is 0.205 e. The number of imidazole rings is 1. The molecule has 0 unspecified atom stereocenters. The predicted octanol–water partition coefficient (Wildman–Crippen LogP) is 4.15. The van der Waals surface area contributed by atoms with Gasteiger partial charge in [-0.05, 0) is 62.7 Å². The molecule has 0 spiro atoms. The molecule has 3 aromatic rings. The van der Waals surface area contributed by atoms with Gasteiger partial charge in [-0.25, -0.2) is 4.98 Å². The minimum atomic E-state index is 0.635. The molecule has 26 heavy (non-hydrogen) atoms. The van der Waals surface area contributed by atoms with Gasteiger partial charge >= 0.3 is 0 Å². The monoisotopic (exact) mass is 349 g/mol. The Morgan fingerprint density at radius 3 is 2.42 bits per heavy atom. The number of piperazine rings is 1. The zero-order valence-corrected chi connectivity index (χ0v) is 15.8. The van der Waals surface area contributed by atoms with Crippen molar-refractivity contribution in [3.63, 3.8) is 0 Å². The van der Waals surface area contributed by atoms with E-state index in [4.69, 9.17) is 0 Å². The lowest BCUT2D eigenvalue weighted by molar-refractivity contribution is 0.209. The number of H-pyrrole nitrogens is 1. The van der Waals surface area contributed by atoms with E-state index < -0.39 is 0 Å². The summed E-state index contributed by atoms with van der Waals surface area (Å²) in [6.45, 7) is 11.1. The third-order valence-corrected chi connectivity index (χ3v) is 5.18. The minimum absolute atomic E-state index is 0.635. The van der Waals surface area contributed by atoms with Gasteiger partial charge in [-0.1, -0.05) is 6.07 Å². The van der Waals surface area contributed by atoms with E-state index in [9.17, 15) is 0 Å². The van der Waals surface area contributed by atoms with E-state index in [-0.39, 0.29) is 0 Å². The number of hydrogen-bond donors (Lipinski definition) is 2. The molecule has 4 rings (SSSR count). The van der Waals surface area contributed by atoms with Crippen LogP contribution in [0, 0.1) is 6.92 Å². The standard InChI is InChI=1S/C21H27N5/c1-15(2)25-10-12-26(13-11-25)18-7-5-17(6-8-18)22-21-23-19-9-4-16(3)14-20(19)24-21/h4-9,14-15H,10-13H2,1-3H3,(H2,22,23,24). The summed E-state index contributed by atoms with van der Waals surface area (Å²) >= 11 is 0. The normalized spacial score (nSPS) is 15.8. The van der Waals surface area contributed by atoms with E-state index in [1.54, 1.807) is 0 Å². The second-order valence-corrected chi connectivity index (χ2v) is 7.39. The van der Waals surface area contributed by atoms with Gasteiger partial charge in [-0.15, -0.1) is 0 Å². The first kappa shape index (κ1) is 16.9. The molecule has 0 bridgehead atoms. The van der Waals surface area contributed by atoms with E-state index in [1.165, 1.54) is 11.3 Å². The Bertz CT molecular complexity index is 873. The van der Waals surface area contributed by atoms with Crippen LogP contribution in [0.15, 0.2) is 42.5 Å². The molecule has 2 aromatic carbocycles. The van der Waals surface area contributed by atoms with Gasteiger partial charge in [0, 0.05) is 43.6 Å². The number of rotatable bonds is 4. The summed E-state index contributed by atoms with van der Waals surface area (Å²) in [4.78, 5) is 12.9. The molecular formula is C21H27N5. The van der Waals surface area contributed by atoms with Crippen LogP contribution in [-0.2, 0) is 0 Å². The lowest BCUT2D eigenvalue weighted by Gasteiger charge is -2.38. The number of fused-ring (bicyclic) bond motifs is 1. The van der Waals surface area contributed by atoms with E-state index in [1.807, 2.05) is 6.07 Å². The fraction of sp³-hybridized carbons (Fsp3) is 0.381. The zero-order valence-electron chi connectivity index (χ0n) is 15.8. The van der Waals surface area contributed by atoms with E-state index in [0.29, 0.717) is 6.04 Å². The summed E-state index contributed by atoms with van der Waals surface area (Å²) in [6.07, 6.45) is 0. The van der Waals surface area contributed by atoms with Gasteiger partial charge in [0.2, 0.25) is 5.95 Å². The maximum absolute atomic E-state index is 4.60. The number of benzene rings is 2. The van der Waals surface area contributed by atoms with Crippen molar-refractivity contribution in [1.82, 2.24) is 14.9 Å². The molecule has 0 atom stereocenters. The molecular weight excluding hydrogens is 322 g/mol. The first-order chi connectivity index (χ1) is 12.6. The molecule has 0 aliphatic carbocycles. The molecule has 2 N–H and O–H groups in total. The number of anilines is 3. The van der Waals surface area contributed by atoms with Gasteiger partial charge in [-0.3, -0.25) is 4.90 Å². The zero-order chi connectivity index (χ0) is 18.1. The first-order valence-corrected chi connectivity index (χ1v) is 9.41. The lowest BCUT2D eigenvalue weighted by atomic mass is 10.2. The van der Waals surface area contributed by atoms with Crippen LogP contribution in [0.5, 0.6) is 0 Å². The summed E-state index contributed by atoms with van der Waals surface area (Å²) < 4.78 is 0. The summed E-state index contributed by atoms with van der Waals surface area (Å²) in [7, 11) is 0.